The molecule has 0 N–H and O–H groups in total. The number of hydrogen-bond acceptors (Lipinski definition) is 3. The molecular formula is C48H46BNO2. The third-order valence-corrected chi connectivity index (χ3v) is 11.7. The number of rotatable bonds is 5. The van der Waals surface area contributed by atoms with E-state index in [9.17, 15) is 0 Å². The van der Waals surface area contributed by atoms with E-state index in [4.69, 9.17) is 9.15 Å². The monoisotopic (exact) mass is 679 g/mol. The number of furan rings is 1. The van der Waals surface area contributed by atoms with E-state index in [1.807, 2.05) is 0 Å². The predicted molar refractivity (Wildman–Crippen MR) is 220 cm³/mol. The van der Waals surface area contributed by atoms with Gasteiger partial charge in [-0.05, 0) is 105 Å². The Bertz CT molecular complexity index is 2510. The van der Waals surface area contributed by atoms with Crippen molar-refractivity contribution < 1.29 is 9.15 Å². The number of benzene rings is 6. The molecule has 1 aromatic heterocycles. The van der Waals surface area contributed by atoms with Crippen LogP contribution < -0.4 is 26.0 Å². The summed E-state index contributed by atoms with van der Waals surface area (Å²) in [5.41, 5.74) is 15.8. The Morgan fingerprint density at radius 1 is 0.596 bits per heavy atom. The summed E-state index contributed by atoms with van der Waals surface area (Å²) in [6, 6.07) is 42.3. The van der Waals surface area contributed by atoms with Crippen LogP contribution in [-0.4, -0.2) is 6.71 Å². The number of para-hydroxylation sites is 3. The molecule has 0 saturated heterocycles. The standard InChI is InChI=1S/C48H46BNO2/c1-28(2)31-25-34(29(3)4)47(35(26-31)30(5)6)49-37-17-11-14-20-42(37)52-43-23-21-32(27-38(43)49)50-39-18-12-10-16-36(39)48(7,8)46-40(50)22-24-44-45(46)33-15-9-13-19-41(33)51-44/h9-30H,1-8H3. The van der Waals surface area contributed by atoms with E-state index in [-0.39, 0.29) is 12.1 Å². The lowest BCUT2D eigenvalue weighted by Crippen LogP contribution is -2.57. The van der Waals surface area contributed by atoms with Gasteiger partial charge in [0, 0.05) is 21.9 Å². The molecule has 9 rings (SSSR count). The fourth-order valence-corrected chi connectivity index (χ4v) is 9.11. The fraction of sp³-hybridized carbons (Fsp3) is 0.250. The number of fused-ring (bicyclic) bond motifs is 8. The number of nitrogens with zero attached hydrogens (tertiary/aromatic N) is 1. The van der Waals surface area contributed by atoms with Crippen LogP contribution in [0, 0.1) is 0 Å². The van der Waals surface area contributed by atoms with Crippen molar-refractivity contribution >= 4 is 62.1 Å². The summed E-state index contributed by atoms with van der Waals surface area (Å²) in [5, 5.41) is 2.35. The molecule has 4 heteroatoms. The highest BCUT2D eigenvalue weighted by Gasteiger charge is 2.41. The van der Waals surface area contributed by atoms with Crippen LogP contribution in [0.4, 0.5) is 17.1 Å². The first kappa shape index (κ1) is 32.7. The van der Waals surface area contributed by atoms with Gasteiger partial charge in [-0.2, -0.15) is 0 Å². The molecule has 3 heterocycles. The average Bonchev–Trinajstić information content (AvgIpc) is 3.52. The van der Waals surface area contributed by atoms with Gasteiger partial charge in [-0.15, -0.1) is 0 Å². The van der Waals surface area contributed by atoms with Gasteiger partial charge in [-0.1, -0.05) is 128 Å². The zero-order valence-electron chi connectivity index (χ0n) is 31.5. The topological polar surface area (TPSA) is 25.6 Å². The zero-order chi connectivity index (χ0) is 36.1. The van der Waals surface area contributed by atoms with Crippen LogP contribution in [0.15, 0.2) is 120 Å². The molecule has 2 aliphatic rings. The second-order valence-corrected chi connectivity index (χ2v) is 16.3. The Balaban J connectivity index is 1.33. The highest BCUT2D eigenvalue weighted by atomic mass is 16.5. The van der Waals surface area contributed by atoms with Gasteiger partial charge in [-0.3, -0.25) is 0 Å². The van der Waals surface area contributed by atoms with E-state index in [1.165, 1.54) is 61.0 Å². The van der Waals surface area contributed by atoms with Crippen molar-refractivity contribution in [2.45, 2.75) is 78.6 Å². The van der Waals surface area contributed by atoms with Crippen LogP contribution in [0.25, 0.3) is 21.9 Å². The average molecular weight is 680 g/mol. The van der Waals surface area contributed by atoms with Gasteiger partial charge in [-0.25, -0.2) is 0 Å². The smallest absolute Gasteiger partial charge is 0.251 e. The lowest BCUT2D eigenvalue weighted by molar-refractivity contribution is 0.487. The Morgan fingerprint density at radius 2 is 1.27 bits per heavy atom. The van der Waals surface area contributed by atoms with Gasteiger partial charge in [0.1, 0.15) is 22.7 Å². The molecule has 0 unspecified atom stereocenters. The van der Waals surface area contributed by atoms with E-state index >= 15 is 0 Å². The maximum absolute atomic E-state index is 6.77. The van der Waals surface area contributed by atoms with Crippen molar-refractivity contribution in [2.75, 3.05) is 4.90 Å². The van der Waals surface area contributed by atoms with Gasteiger partial charge in [0.25, 0.3) is 6.71 Å². The van der Waals surface area contributed by atoms with Crippen molar-refractivity contribution in [1.82, 2.24) is 0 Å². The molecular weight excluding hydrogens is 633 g/mol. The summed E-state index contributed by atoms with van der Waals surface area (Å²) >= 11 is 0. The Morgan fingerprint density at radius 3 is 2.02 bits per heavy atom. The first-order valence-electron chi connectivity index (χ1n) is 19.0. The minimum atomic E-state index is -0.260. The SMILES string of the molecule is CC(C)c1cc(C(C)C)c(B2c3ccccc3Oc3ccc(N4c5ccccc5C(C)(C)c5c4ccc4oc6ccccc6c54)cc32)c(C(C)C)c1. The number of ether oxygens (including phenoxy) is 1. The second kappa shape index (κ2) is 11.9. The van der Waals surface area contributed by atoms with Crippen LogP contribution in [-0.2, 0) is 5.41 Å². The Hall–Kier alpha value is -5.22. The molecule has 3 nitrogen and oxygen atoms in total. The van der Waals surface area contributed by atoms with Crippen molar-refractivity contribution in [2.24, 2.45) is 0 Å². The molecule has 0 radical (unpaired) electrons. The summed E-state index contributed by atoms with van der Waals surface area (Å²) in [6.07, 6.45) is 0. The Kier molecular flexibility index (Phi) is 7.49. The maximum Gasteiger partial charge on any atom is 0.251 e. The quantitative estimate of drug-likeness (QED) is 0.169. The third kappa shape index (κ3) is 4.80. The highest BCUT2D eigenvalue weighted by Crippen LogP contribution is 2.55. The van der Waals surface area contributed by atoms with Gasteiger partial charge >= 0.3 is 0 Å². The van der Waals surface area contributed by atoms with Crippen LogP contribution in [0.5, 0.6) is 11.5 Å². The molecule has 6 aromatic carbocycles. The molecule has 0 fully saturated rings. The summed E-state index contributed by atoms with van der Waals surface area (Å²) in [5.74, 6) is 3.04. The predicted octanol–water partition coefficient (Wildman–Crippen LogP) is 11.7. The van der Waals surface area contributed by atoms with Gasteiger partial charge in [0.05, 0.1) is 11.4 Å². The van der Waals surface area contributed by atoms with Crippen molar-refractivity contribution in [1.29, 1.82) is 0 Å². The minimum absolute atomic E-state index is 0.0205. The number of anilines is 3. The molecule has 52 heavy (non-hydrogen) atoms. The molecule has 0 amide bonds. The summed E-state index contributed by atoms with van der Waals surface area (Å²) in [7, 11) is 0. The van der Waals surface area contributed by atoms with Crippen molar-refractivity contribution in [3.63, 3.8) is 0 Å². The van der Waals surface area contributed by atoms with E-state index in [0.717, 1.165) is 33.7 Å². The molecule has 0 spiro atoms. The summed E-state index contributed by atoms with van der Waals surface area (Å²) in [4.78, 5) is 2.48. The zero-order valence-corrected chi connectivity index (χ0v) is 31.5. The molecule has 0 atom stereocenters. The largest absolute Gasteiger partial charge is 0.458 e. The first-order valence-corrected chi connectivity index (χ1v) is 19.0. The lowest BCUT2D eigenvalue weighted by atomic mass is 9.34. The first-order chi connectivity index (χ1) is 25.0. The van der Waals surface area contributed by atoms with E-state index in [1.54, 1.807) is 0 Å². The Labute approximate surface area is 308 Å². The van der Waals surface area contributed by atoms with Gasteiger partial charge in [0.15, 0.2) is 0 Å². The molecule has 0 aliphatic carbocycles. The molecule has 0 saturated carbocycles. The van der Waals surface area contributed by atoms with Crippen LogP contribution >= 0.6 is 0 Å². The summed E-state index contributed by atoms with van der Waals surface area (Å²) in [6.45, 7) is 18.7. The van der Waals surface area contributed by atoms with E-state index in [2.05, 4.69) is 176 Å². The summed E-state index contributed by atoms with van der Waals surface area (Å²) < 4.78 is 13.2. The van der Waals surface area contributed by atoms with Crippen molar-refractivity contribution in [3.8, 4) is 11.5 Å². The van der Waals surface area contributed by atoms with Crippen LogP contribution in [0.1, 0.15) is 101 Å². The van der Waals surface area contributed by atoms with E-state index in [0.29, 0.717) is 17.8 Å². The normalized spacial score (nSPS) is 14.5. The van der Waals surface area contributed by atoms with Gasteiger partial charge in [0.2, 0.25) is 0 Å². The van der Waals surface area contributed by atoms with Crippen LogP contribution in [0.2, 0.25) is 0 Å². The van der Waals surface area contributed by atoms with Crippen LogP contribution in [0.3, 0.4) is 0 Å². The van der Waals surface area contributed by atoms with Gasteiger partial charge < -0.3 is 14.1 Å². The molecule has 0 bridgehead atoms. The van der Waals surface area contributed by atoms with E-state index < -0.39 is 0 Å². The third-order valence-electron chi connectivity index (χ3n) is 11.7. The maximum atomic E-state index is 6.77. The van der Waals surface area contributed by atoms with Crippen molar-refractivity contribution in [3.05, 3.63) is 143 Å². The fourth-order valence-electron chi connectivity index (χ4n) is 9.11. The minimum Gasteiger partial charge on any atom is -0.458 e. The molecule has 2 aliphatic heterocycles. The highest BCUT2D eigenvalue weighted by molar-refractivity contribution is 6.97. The lowest BCUT2D eigenvalue weighted by Gasteiger charge is -2.42. The molecule has 7 aromatic rings. The molecule has 258 valence electrons. The number of hydrogen-bond donors (Lipinski definition) is 0. The second-order valence-electron chi connectivity index (χ2n) is 16.3.